The average Bonchev–Trinajstić information content (AvgIpc) is 3.33. The van der Waals surface area contributed by atoms with Gasteiger partial charge in [-0.1, -0.05) is 24.9 Å². The molecule has 0 aliphatic carbocycles. The molecule has 2 aliphatic rings. The van der Waals surface area contributed by atoms with Crippen molar-refractivity contribution >= 4 is 56.5 Å². The summed E-state index contributed by atoms with van der Waals surface area (Å²) in [6.07, 6.45) is 1.36. The summed E-state index contributed by atoms with van der Waals surface area (Å²) in [5, 5.41) is 6.08. The first-order valence-corrected chi connectivity index (χ1v) is 14.8. The van der Waals surface area contributed by atoms with Crippen molar-refractivity contribution in [1.82, 2.24) is 9.62 Å². The molecule has 0 aromatic heterocycles. The van der Waals surface area contributed by atoms with Gasteiger partial charge in [0, 0.05) is 41.2 Å². The number of benzene rings is 2. The van der Waals surface area contributed by atoms with Crippen molar-refractivity contribution in [3.63, 3.8) is 0 Å². The lowest BCUT2D eigenvalue weighted by molar-refractivity contribution is -0.125. The van der Waals surface area contributed by atoms with Crippen LogP contribution in [0.15, 0.2) is 48.5 Å². The van der Waals surface area contributed by atoms with Crippen LogP contribution in [0.2, 0.25) is 5.02 Å². The summed E-state index contributed by atoms with van der Waals surface area (Å²) < 4.78 is 32.8. The molecule has 13 heteroatoms. The van der Waals surface area contributed by atoms with Crippen molar-refractivity contribution in [2.45, 2.75) is 38.3 Å². The van der Waals surface area contributed by atoms with E-state index in [0.29, 0.717) is 41.7 Å². The Hall–Kier alpha value is -3.19. The predicted octanol–water partition coefficient (Wildman–Crippen LogP) is 3.04. The van der Waals surface area contributed by atoms with Gasteiger partial charge >= 0.3 is 6.03 Å². The quantitative estimate of drug-likeness (QED) is 0.419. The van der Waals surface area contributed by atoms with E-state index < -0.39 is 34.0 Å². The third-order valence-corrected chi connectivity index (χ3v) is 8.28. The number of unbranched alkanes of at least 4 members (excludes halogenated alkanes) is 1. The number of hydrogen-bond donors (Lipinski definition) is 3. The van der Waals surface area contributed by atoms with Gasteiger partial charge in [0.1, 0.15) is 12.6 Å². The van der Waals surface area contributed by atoms with E-state index in [1.54, 1.807) is 53.4 Å². The summed E-state index contributed by atoms with van der Waals surface area (Å²) in [5.74, 6) is -0.614. The number of nitrogens with zero attached hydrogens (tertiary/aromatic N) is 2. The third-order valence-electron chi connectivity index (χ3n) is 6.51. The number of carbonyl (C=O) groups excluding carboxylic acids is 3. The van der Waals surface area contributed by atoms with E-state index in [2.05, 4.69) is 15.4 Å². The second kappa shape index (κ2) is 12.8. The van der Waals surface area contributed by atoms with Crippen LogP contribution in [0.3, 0.4) is 0 Å². The lowest BCUT2D eigenvalue weighted by atomic mass is 10.1. The molecule has 2 aliphatic heterocycles. The van der Waals surface area contributed by atoms with Gasteiger partial charge in [0.05, 0.1) is 12.4 Å². The van der Waals surface area contributed by atoms with Crippen LogP contribution in [0.1, 0.15) is 26.2 Å². The molecule has 210 valence electrons. The number of anilines is 3. The lowest BCUT2D eigenvalue weighted by Gasteiger charge is -2.27. The minimum Gasteiger partial charge on any atom is -0.370 e. The Morgan fingerprint density at radius 3 is 2.38 bits per heavy atom. The smallest absolute Gasteiger partial charge is 0.322 e. The normalized spacial score (nSPS) is 19.7. The fraction of sp³-hybridized carbons (Fsp3) is 0.423. The van der Waals surface area contributed by atoms with Crippen LogP contribution in [0, 0.1) is 0 Å². The van der Waals surface area contributed by atoms with Gasteiger partial charge < -0.3 is 25.2 Å². The van der Waals surface area contributed by atoms with Crippen LogP contribution in [0.4, 0.5) is 21.9 Å². The molecular weight excluding hydrogens is 546 g/mol. The fourth-order valence-electron chi connectivity index (χ4n) is 4.51. The highest BCUT2D eigenvalue weighted by Gasteiger charge is 2.41. The summed E-state index contributed by atoms with van der Waals surface area (Å²) in [5.41, 5.74) is 1.66. The molecule has 0 saturated carbocycles. The van der Waals surface area contributed by atoms with Crippen molar-refractivity contribution in [3.8, 4) is 0 Å². The second-order valence-corrected chi connectivity index (χ2v) is 11.8. The summed E-state index contributed by atoms with van der Waals surface area (Å²) in [6, 6.07) is 11.3. The number of carbonyl (C=O) groups is 3. The number of morpholine rings is 1. The molecule has 39 heavy (non-hydrogen) atoms. The van der Waals surface area contributed by atoms with E-state index in [-0.39, 0.29) is 31.2 Å². The maximum Gasteiger partial charge on any atom is 0.322 e. The van der Waals surface area contributed by atoms with Crippen LogP contribution in [0.25, 0.3) is 0 Å². The average molecular weight is 578 g/mol. The highest BCUT2D eigenvalue weighted by atomic mass is 35.5. The molecular formula is C26H32ClN5O6S. The molecule has 2 aromatic rings. The summed E-state index contributed by atoms with van der Waals surface area (Å²) in [7, 11) is -3.56. The number of hydrogen-bond acceptors (Lipinski definition) is 6. The predicted molar refractivity (Wildman–Crippen MR) is 149 cm³/mol. The highest BCUT2D eigenvalue weighted by molar-refractivity contribution is 7.89. The van der Waals surface area contributed by atoms with Gasteiger partial charge in [-0.25, -0.2) is 17.9 Å². The minimum absolute atomic E-state index is 0.0220. The van der Waals surface area contributed by atoms with Crippen LogP contribution in [-0.4, -0.2) is 75.3 Å². The molecule has 3 N–H and O–H groups in total. The summed E-state index contributed by atoms with van der Waals surface area (Å²) in [6.45, 7) is 2.85. The fourth-order valence-corrected chi connectivity index (χ4v) is 6.10. The largest absolute Gasteiger partial charge is 0.370 e. The topological polar surface area (TPSA) is 137 Å². The van der Waals surface area contributed by atoms with E-state index in [4.69, 9.17) is 16.3 Å². The molecule has 2 aromatic carbocycles. The number of halogens is 1. The van der Waals surface area contributed by atoms with E-state index in [1.165, 1.54) is 4.90 Å². The van der Waals surface area contributed by atoms with E-state index in [0.717, 1.165) is 6.42 Å². The van der Waals surface area contributed by atoms with Crippen molar-refractivity contribution in [2.75, 3.05) is 47.6 Å². The minimum atomic E-state index is -3.56. The Bertz CT molecular complexity index is 1290. The van der Waals surface area contributed by atoms with Gasteiger partial charge in [-0.05, 0) is 61.4 Å². The zero-order valence-corrected chi connectivity index (χ0v) is 23.1. The molecule has 4 amide bonds. The molecule has 0 radical (unpaired) electrons. The number of sulfonamides is 1. The molecule has 2 saturated heterocycles. The summed E-state index contributed by atoms with van der Waals surface area (Å²) in [4.78, 5) is 41.6. The zero-order valence-electron chi connectivity index (χ0n) is 21.6. The van der Waals surface area contributed by atoms with Crippen molar-refractivity contribution in [1.29, 1.82) is 0 Å². The molecule has 0 spiro atoms. The van der Waals surface area contributed by atoms with Crippen molar-refractivity contribution in [3.05, 3.63) is 53.6 Å². The number of urea groups is 1. The number of rotatable bonds is 9. The zero-order chi connectivity index (χ0) is 28.0. The Morgan fingerprint density at radius 1 is 1.05 bits per heavy atom. The molecule has 2 atom stereocenters. The second-order valence-electron chi connectivity index (χ2n) is 9.46. The Morgan fingerprint density at radius 2 is 1.72 bits per heavy atom. The highest BCUT2D eigenvalue weighted by Crippen LogP contribution is 2.24. The first-order valence-electron chi connectivity index (χ1n) is 12.8. The SMILES string of the molecule is CCCCS(=O)(=O)N[C@H]1C[C@H](C(=O)Nc2ccc(N3CCOCC3=O)cc2)N(C(=O)Nc2ccc(Cl)cc2)C1. The van der Waals surface area contributed by atoms with Gasteiger partial charge in [-0.3, -0.25) is 9.59 Å². The molecule has 2 heterocycles. The molecule has 0 bridgehead atoms. The number of likely N-dealkylation sites (tertiary alicyclic amines) is 1. The van der Waals surface area contributed by atoms with Crippen molar-refractivity contribution in [2.24, 2.45) is 0 Å². The first-order chi connectivity index (χ1) is 18.6. The first kappa shape index (κ1) is 28.8. The van der Waals surface area contributed by atoms with Crippen LogP contribution in [0.5, 0.6) is 0 Å². The van der Waals surface area contributed by atoms with Crippen molar-refractivity contribution < 1.29 is 27.5 Å². The van der Waals surface area contributed by atoms with Gasteiger partial charge in [0.15, 0.2) is 0 Å². The van der Waals surface area contributed by atoms with Crippen LogP contribution >= 0.6 is 11.6 Å². The van der Waals surface area contributed by atoms with Gasteiger partial charge in [0.2, 0.25) is 15.9 Å². The molecule has 4 rings (SSSR count). The molecule has 11 nitrogen and oxygen atoms in total. The number of nitrogens with one attached hydrogen (secondary N) is 3. The number of ether oxygens (including phenoxy) is 1. The Kier molecular flexibility index (Phi) is 9.44. The van der Waals surface area contributed by atoms with E-state index in [1.807, 2.05) is 6.92 Å². The van der Waals surface area contributed by atoms with E-state index in [9.17, 15) is 22.8 Å². The van der Waals surface area contributed by atoms with Crippen LogP contribution < -0.4 is 20.3 Å². The maximum atomic E-state index is 13.3. The standard InChI is InChI=1S/C26H32ClN5O6S/c1-2-3-14-39(36,37)30-21-15-23(32(16-21)26(35)29-20-6-4-18(27)5-7-20)25(34)28-19-8-10-22(11-9-19)31-12-13-38-17-24(31)33/h4-11,21,23,30H,2-3,12-17H2,1H3,(H,28,34)(H,29,35)/t21-,23+/m0/s1. The van der Waals surface area contributed by atoms with E-state index >= 15 is 0 Å². The van der Waals surface area contributed by atoms with Gasteiger partial charge in [-0.15, -0.1) is 0 Å². The Labute approximate surface area is 232 Å². The monoisotopic (exact) mass is 577 g/mol. The molecule has 2 fully saturated rings. The molecule has 0 unspecified atom stereocenters. The third kappa shape index (κ3) is 7.69. The van der Waals surface area contributed by atoms with Gasteiger partial charge in [-0.2, -0.15) is 0 Å². The lowest BCUT2D eigenvalue weighted by Crippen LogP contribution is -2.45. The number of amides is 4. The maximum absolute atomic E-state index is 13.3. The van der Waals surface area contributed by atoms with Gasteiger partial charge in [0.25, 0.3) is 5.91 Å². The Balaban J connectivity index is 1.47. The summed E-state index contributed by atoms with van der Waals surface area (Å²) >= 11 is 5.93. The van der Waals surface area contributed by atoms with Crippen LogP contribution in [-0.2, 0) is 24.3 Å².